The van der Waals surface area contributed by atoms with Gasteiger partial charge < -0.3 is 14.6 Å². The molecule has 2 heterocycles. The van der Waals surface area contributed by atoms with Gasteiger partial charge in [0.05, 0.1) is 6.10 Å². The van der Waals surface area contributed by atoms with E-state index < -0.39 is 0 Å². The first kappa shape index (κ1) is 22.2. The number of rotatable bonds is 6. The summed E-state index contributed by atoms with van der Waals surface area (Å²) in [5, 5.41) is 2.94. The Hall–Kier alpha value is -3.03. The second-order valence-electron chi connectivity index (χ2n) is 8.08. The first-order valence-electron chi connectivity index (χ1n) is 10.8. The van der Waals surface area contributed by atoms with Crippen molar-refractivity contribution in [2.45, 2.75) is 39.3 Å². The Morgan fingerprint density at radius 3 is 2.69 bits per heavy atom. The smallest absolute Gasteiger partial charge is 0.279 e. The average molecular weight is 450 g/mol. The van der Waals surface area contributed by atoms with Crippen LogP contribution in [0.5, 0.6) is 0 Å². The molecule has 166 valence electrons. The summed E-state index contributed by atoms with van der Waals surface area (Å²) in [5.74, 6) is -0.340. The van der Waals surface area contributed by atoms with E-state index in [1.807, 2.05) is 67.1 Å². The normalized spacial score (nSPS) is 16.3. The van der Waals surface area contributed by atoms with Crippen molar-refractivity contribution in [3.05, 3.63) is 86.7 Å². The maximum atomic E-state index is 12.6. The predicted octanol–water partition coefficient (Wildman–Crippen LogP) is 3.86. The molecule has 7 heteroatoms. The zero-order valence-corrected chi connectivity index (χ0v) is 19.2. The van der Waals surface area contributed by atoms with Gasteiger partial charge in [0, 0.05) is 41.9 Å². The molecule has 1 aromatic heterocycles. The summed E-state index contributed by atoms with van der Waals surface area (Å²) in [7, 11) is 0. The molecule has 1 fully saturated rings. The molecule has 6 nitrogen and oxygen atoms in total. The summed E-state index contributed by atoms with van der Waals surface area (Å²) in [4.78, 5) is 31.1. The van der Waals surface area contributed by atoms with Crippen LogP contribution < -0.4 is 10.1 Å². The highest BCUT2D eigenvalue weighted by Gasteiger charge is 2.16. The summed E-state index contributed by atoms with van der Waals surface area (Å²) in [6, 6.07) is 15.0. The molecule has 0 aliphatic carbocycles. The van der Waals surface area contributed by atoms with Crippen LogP contribution in [-0.2, 0) is 11.3 Å². The molecule has 1 atom stereocenters. The summed E-state index contributed by atoms with van der Waals surface area (Å²) < 4.78 is 7.52. The quantitative estimate of drug-likeness (QED) is 0.621. The summed E-state index contributed by atoms with van der Waals surface area (Å²) in [6.07, 6.45) is 4.17. The van der Waals surface area contributed by atoms with Gasteiger partial charge in [0.25, 0.3) is 11.8 Å². The summed E-state index contributed by atoms with van der Waals surface area (Å²) in [6.45, 7) is 5.85. The van der Waals surface area contributed by atoms with Crippen molar-refractivity contribution in [1.29, 1.82) is 0 Å². The van der Waals surface area contributed by atoms with E-state index in [2.05, 4.69) is 10.3 Å². The third-order valence-corrected chi connectivity index (χ3v) is 6.32. The zero-order chi connectivity index (χ0) is 22.5. The highest BCUT2D eigenvalue weighted by molar-refractivity contribution is 7.09. The van der Waals surface area contributed by atoms with Crippen LogP contribution in [0.1, 0.15) is 49.6 Å². The van der Waals surface area contributed by atoms with Crippen LogP contribution in [0.15, 0.2) is 59.7 Å². The molecule has 0 radical (unpaired) electrons. The van der Waals surface area contributed by atoms with Gasteiger partial charge in [-0.05, 0) is 56.5 Å². The van der Waals surface area contributed by atoms with Crippen LogP contribution in [-0.4, -0.2) is 35.6 Å². The lowest BCUT2D eigenvalue weighted by Crippen LogP contribution is -2.31. The monoisotopic (exact) mass is 449 g/mol. The molecule has 1 aliphatic rings. The van der Waals surface area contributed by atoms with Crippen molar-refractivity contribution in [1.82, 2.24) is 9.88 Å². The van der Waals surface area contributed by atoms with E-state index in [1.165, 1.54) is 11.3 Å². The largest absolute Gasteiger partial charge is 0.376 e. The number of ether oxygens (including phenoxy) is 1. The second-order valence-corrected chi connectivity index (χ2v) is 9.29. The van der Waals surface area contributed by atoms with E-state index >= 15 is 0 Å². The number of carbonyl (C=O) groups is 2. The first-order valence-corrected chi connectivity index (χ1v) is 11.6. The van der Waals surface area contributed by atoms with Crippen molar-refractivity contribution in [2.24, 2.45) is 4.99 Å². The van der Waals surface area contributed by atoms with Gasteiger partial charge in [0.2, 0.25) is 0 Å². The minimum absolute atomic E-state index is 0.0921. The van der Waals surface area contributed by atoms with Crippen LogP contribution >= 0.6 is 11.3 Å². The number of hydrogen-bond acceptors (Lipinski definition) is 4. The summed E-state index contributed by atoms with van der Waals surface area (Å²) >= 11 is 1.49. The van der Waals surface area contributed by atoms with E-state index in [-0.39, 0.29) is 17.9 Å². The van der Waals surface area contributed by atoms with E-state index in [1.54, 1.807) is 6.07 Å². The molecule has 1 N–H and O–H groups in total. The van der Waals surface area contributed by atoms with Crippen molar-refractivity contribution in [3.8, 4) is 0 Å². The highest BCUT2D eigenvalue weighted by atomic mass is 32.1. The fraction of sp³-hybridized carbons (Fsp3) is 0.320. The van der Waals surface area contributed by atoms with Crippen LogP contribution in [0.3, 0.4) is 0 Å². The fourth-order valence-electron chi connectivity index (χ4n) is 3.71. The lowest BCUT2D eigenvalue weighted by Gasteiger charge is -2.11. The first-order chi connectivity index (χ1) is 15.5. The van der Waals surface area contributed by atoms with Gasteiger partial charge in [-0.15, -0.1) is 11.3 Å². The number of nitrogens with one attached hydrogen (secondary N) is 1. The number of nitrogens with zero attached hydrogens (tertiary/aromatic N) is 2. The van der Waals surface area contributed by atoms with Crippen molar-refractivity contribution < 1.29 is 14.3 Å². The minimum Gasteiger partial charge on any atom is -0.376 e. The molecular weight excluding hydrogens is 422 g/mol. The van der Waals surface area contributed by atoms with E-state index in [4.69, 9.17) is 4.74 Å². The molecule has 32 heavy (non-hydrogen) atoms. The number of aryl methyl sites for hydroxylation is 2. The van der Waals surface area contributed by atoms with Crippen molar-refractivity contribution in [3.63, 3.8) is 0 Å². The molecule has 0 saturated carbocycles. The van der Waals surface area contributed by atoms with Gasteiger partial charge in [-0.1, -0.05) is 29.8 Å². The fourth-order valence-corrected chi connectivity index (χ4v) is 4.54. The maximum absolute atomic E-state index is 12.6. The molecule has 2 aromatic carbocycles. The average Bonchev–Trinajstić information content (AvgIpc) is 3.42. The Labute approximate surface area is 191 Å². The lowest BCUT2D eigenvalue weighted by molar-refractivity contribution is 0.0857. The third kappa shape index (κ3) is 5.60. The SMILES string of the molecule is Cc1cccc(C(=O)N=c2sc(C)cn2Cc2ccc(C(=O)NC[C@H]3CCCO3)cc2)c1. The summed E-state index contributed by atoms with van der Waals surface area (Å²) in [5.41, 5.74) is 3.27. The molecule has 0 spiro atoms. The molecule has 0 bridgehead atoms. The number of benzene rings is 2. The van der Waals surface area contributed by atoms with Gasteiger partial charge in [-0.2, -0.15) is 4.99 Å². The Bertz CT molecular complexity index is 1170. The molecule has 3 aromatic rings. The number of hydrogen-bond donors (Lipinski definition) is 1. The number of carbonyl (C=O) groups excluding carboxylic acids is 2. The molecule has 2 amide bonds. The Balaban J connectivity index is 1.45. The van der Waals surface area contributed by atoms with Gasteiger partial charge in [-0.25, -0.2) is 0 Å². The Morgan fingerprint density at radius 1 is 1.16 bits per heavy atom. The van der Waals surface area contributed by atoms with E-state index in [9.17, 15) is 9.59 Å². The van der Waals surface area contributed by atoms with Crippen LogP contribution in [0.2, 0.25) is 0 Å². The van der Waals surface area contributed by atoms with E-state index in [0.717, 1.165) is 35.5 Å². The van der Waals surface area contributed by atoms with Crippen LogP contribution in [0, 0.1) is 13.8 Å². The third-order valence-electron chi connectivity index (χ3n) is 5.38. The lowest BCUT2D eigenvalue weighted by atomic mass is 10.1. The van der Waals surface area contributed by atoms with Gasteiger partial charge >= 0.3 is 0 Å². The van der Waals surface area contributed by atoms with Gasteiger partial charge in [0.15, 0.2) is 4.80 Å². The van der Waals surface area contributed by atoms with Crippen LogP contribution in [0.4, 0.5) is 0 Å². The number of thiazole rings is 1. The van der Waals surface area contributed by atoms with Gasteiger partial charge in [0.1, 0.15) is 0 Å². The van der Waals surface area contributed by atoms with Crippen molar-refractivity contribution >= 4 is 23.2 Å². The Kier molecular flexibility index (Phi) is 6.97. The maximum Gasteiger partial charge on any atom is 0.279 e. The topological polar surface area (TPSA) is 72.7 Å². The highest BCUT2D eigenvalue weighted by Crippen LogP contribution is 2.12. The predicted molar refractivity (Wildman–Crippen MR) is 125 cm³/mol. The standard InChI is InChI=1S/C25H27N3O3S/c1-17-5-3-6-21(13-17)24(30)27-25-28(15-18(2)32-25)16-19-8-10-20(11-9-19)23(29)26-14-22-7-4-12-31-22/h3,5-6,8-11,13,15,22H,4,7,12,14,16H2,1-2H3,(H,26,29)/t22-/m1/s1. The zero-order valence-electron chi connectivity index (χ0n) is 18.3. The van der Waals surface area contributed by atoms with E-state index in [0.29, 0.717) is 29.0 Å². The van der Waals surface area contributed by atoms with Crippen molar-refractivity contribution in [2.75, 3.05) is 13.2 Å². The molecule has 0 unspecified atom stereocenters. The van der Waals surface area contributed by atoms with Gasteiger partial charge in [-0.3, -0.25) is 9.59 Å². The second kappa shape index (κ2) is 10.1. The minimum atomic E-state index is -0.248. The number of aromatic nitrogens is 1. The molecule has 1 aliphatic heterocycles. The van der Waals surface area contributed by atoms with Crippen LogP contribution in [0.25, 0.3) is 0 Å². The molecular formula is C25H27N3O3S. The molecule has 1 saturated heterocycles. The number of amides is 2. The Morgan fingerprint density at radius 2 is 1.97 bits per heavy atom. The molecule has 4 rings (SSSR count).